The van der Waals surface area contributed by atoms with Crippen molar-refractivity contribution in [1.29, 1.82) is 0 Å². The van der Waals surface area contributed by atoms with Crippen LogP contribution in [0.15, 0.2) is 42.6 Å². The third-order valence-corrected chi connectivity index (χ3v) is 5.23. The molecule has 0 aliphatic carbocycles. The number of hydrogen-bond acceptors (Lipinski definition) is 7. The smallest absolute Gasteiger partial charge is 0.224 e. The Hall–Kier alpha value is -3.48. The highest BCUT2D eigenvalue weighted by molar-refractivity contribution is 5.87. The van der Waals surface area contributed by atoms with Crippen molar-refractivity contribution in [3.05, 3.63) is 53.9 Å². The molecule has 7 nitrogen and oxygen atoms in total. The summed E-state index contributed by atoms with van der Waals surface area (Å²) in [7, 11) is 0. The van der Waals surface area contributed by atoms with Crippen LogP contribution in [0.5, 0.6) is 0 Å². The zero-order valence-electron chi connectivity index (χ0n) is 17.2. The SMILES string of the molecule is CCCCCCc1cc2ccccc2cc1NCc1cnc2nc(N)nc(N)c2n1. The van der Waals surface area contributed by atoms with E-state index in [1.165, 1.54) is 42.0 Å². The molecule has 7 heteroatoms. The highest BCUT2D eigenvalue weighted by Gasteiger charge is 2.09. The number of aryl methyl sites for hydroxylation is 1. The normalized spacial score (nSPS) is 11.2. The van der Waals surface area contributed by atoms with E-state index in [0.717, 1.165) is 17.8 Å². The van der Waals surface area contributed by atoms with Crippen molar-refractivity contribution in [3.63, 3.8) is 0 Å². The van der Waals surface area contributed by atoms with Gasteiger partial charge in [0.1, 0.15) is 0 Å². The number of nitrogens with one attached hydrogen (secondary N) is 1. The van der Waals surface area contributed by atoms with Gasteiger partial charge in [-0.25, -0.2) is 9.97 Å². The summed E-state index contributed by atoms with van der Waals surface area (Å²) in [6.07, 6.45) is 7.70. The number of benzene rings is 2. The minimum absolute atomic E-state index is 0.101. The minimum Gasteiger partial charge on any atom is -0.382 e. The van der Waals surface area contributed by atoms with Crippen molar-refractivity contribution < 1.29 is 0 Å². The lowest BCUT2D eigenvalue weighted by molar-refractivity contribution is 0.667. The third kappa shape index (κ3) is 4.40. The van der Waals surface area contributed by atoms with E-state index in [0.29, 0.717) is 17.7 Å². The Morgan fingerprint density at radius 3 is 2.53 bits per heavy atom. The Morgan fingerprint density at radius 2 is 1.73 bits per heavy atom. The second kappa shape index (κ2) is 8.90. The number of rotatable bonds is 8. The summed E-state index contributed by atoms with van der Waals surface area (Å²) in [6, 6.07) is 13.0. The van der Waals surface area contributed by atoms with Gasteiger partial charge < -0.3 is 16.8 Å². The predicted octanol–water partition coefficient (Wildman–Crippen LogP) is 4.47. The van der Waals surface area contributed by atoms with Gasteiger partial charge in [0.25, 0.3) is 0 Å². The van der Waals surface area contributed by atoms with E-state index in [9.17, 15) is 0 Å². The van der Waals surface area contributed by atoms with E-state index < -0.39 is 0 Å². The molecule has 4 aromatic rings. The average molecular weight is 402 g/mol. The van der Waals surface area contributed by atoms with Crippen LogP contribution in [-0.4, -0.2) is 19.9 Å². The van der Waals surface area contributed by atoms with Gasteiger partial charge >= 0.3 is 0 Å². The van der Waals surface area contributed by atoms with Crippen molar-refractivity contribution in [1.82, 2.24) is 19.9 Å². The fraction of sp³-hybridized carbons (Fsp3) is 0.304. The summed E-state index contributed by atoms with van der Waals surface area (Å²) in [6.45, 7) is 2.77. The maximum Gasteiger partial charge on any atom is 0.224 e. The Kier molecular flexibility index (Phi) is 5.88. The van der Waals surface area contributed by atoms with Gasteiger partial charge in [0, 0.05) is 5.69 Å². The lowest BCUT2D eigenvalue weighted by atomic mass is 10.00. The molecule has 0 aliphatic heterocycles. The lowest BCUT2D eigenvalue weighted by Gasteiger charge is -2.14. The van der Waals surface area contributed by atoms with Crippen LogP contribution in [0.4, 0.5) is 17.5 Å². The molecule has 0 atom stereocenters. The van der Waals surface area contributed by atoms with E-state index in [2.05, 4.69) is 68.6 Å². The second-order valence-corrected chi connectivity index (χ2v) is 7.52. The van der Waals surface area contributed by atoms with Gasteiger partial charge in [0.05, 0.1) is 18.4 Å². The number of nitrogens with two attached hydrogens (primary N) is 2. The van der Waals surface area contributed by atoms with Gasteiger partial charge in [-0.05, 0) is 41.3 Å². The molecule has 2 aromatic carbocycles. The zero-order chi connectivity index (χ0) is 20.9. The van der Waals surface area contributed by atoms with Crippen LogP contribution < -0.4 is 16.8 Å². The Labute approximate surface area is 176 Å². The van der Waals surface area contributed by atoms with Crippen LogP contribution >= 0.6 is 0 Å². The molecule has 4 rings (SSSR count). The molecule has 0 radical (unpaired) electrons. The molecule has 2 heterocycles. The van der Waals surface area contributed by atoms with Gasteiger partial charge in [0.2, 0.25) is 5.95 Å². The van der Waals surface area contributed by atoms with Crippen LogP contribution in [0.1, 0.15) is 43.9 Å². The van der Waals surface area contributed by atoms with Gasteiger partial charge in [0.15, 0.2) is 17.0 Å². The van der Waals surface area contributed by atoms with Crippen molar-refractivity contribution in [3.8, 4) is 0 Å². The molecule has 30 heavy (non-hydrogen) atoms. The molecule has 0 amide bonds. The van der Waals surface area contributed by atoms with Crippen molar-refractivity contribution in [2.75, 3.05) is 16.8 Å². The Morgan fingerprint density at radius 1 is 0.933 bits per heavy atom. The third-order valence-electron chi connectivity index (χ3n) is 5.23. The fourth-order valence-electron chi connectivity index (χ4n) is 3.65. The molecule has 0 unspecified atom stereocenters. The number of nitrogens with zero attached hydrogens (tertiary/aromatic N) is 4. The Balaban J connectivity index is 1.58. The highest BCUT2D eigenvalue weighted by Crippen LogP contribution is 2.26. The van der Waals surface area contributed by atoms with Crippen LogP contribution in [0.3, 0.4) is 0 Å². The molecule has 0 saturated heterocycles. The Bertz CT molecular complexity index is 1170. The lowest BCUT2D eigenvalue weighted by Crippen LogP contribution is -2.08. The number of anilines is 3. The van der Waals surface area contributed by atoms with Crippen LogP contribution in [0.2, 0.25) is 0 Å². The summed E-state index contributed by atoms with van der Waals surface area (Å²) >= 11 is 0. The maximum atomic E-state index is 5.94. The van der Waals surface area contributed by atoms with E-state index in [-0.39, 0.29) is 11.8 Å². The standard InChI is InChI=1S/C23H27N7/c1-2-3-4-5-10-17-11-15-8-6-7-9-16(15)12-19(17)26-13-18-14-27-22-20(28-18)21(24)29-23(25)30-22/h6-9,11-12,14,26H,2-5,10,13H2,1H3,(H4,24,25,27,29,30). The van der Waals surface area contributed by atoms with Gasteiger partial charge in [-0.15, -0.1) is 0 Å². The fourth-order valence-corrected chi connectivity index (χ4v) is 3.65. The molecular formula is C23H27N7. The van der Waals surface area contributed by atoms with E-state index in [1.54, 1.807) is 6.20 Å². The summed E-state index contributed by atoms with van der Waals surface area (Å²) in [4.78, 5) is 17.0. The molecule has 5 N–H and O–H groups in total. The molecule has 0 fully saturated rings. The molecule has 0 spiro atoms. The number of unbranched alkanes of at least 4 members (excludes halogenated alkanes) is 3. The average Bonchev–Trinajstić information content (AvgIpc) is 2.75. The van der Waals surface area contributed by atoms with Crippen molar-refractivity contribution in [2.45, 2.75) is 45.6 Å². The summed E-state index contributed by atoms with van der Waals surface area (Å²) in [5.41, 5.74) is 15.7. The topological polar surface area (TPSA) is 116 Å². The van der Waals surface area contributed by atoms with Crippen LogP contribution in [-0.2, 0) is 13.0 Å². The number of aromatic nitrogens is 4. The molecular weight excluding hydrogens is 374 g/mol. The first-order valence-electron chi connectivity index (χ1n) is 10.4. The first-order valence-corrected chi connectivity index (χ1v) is 10.4. The summed E-state index contributed by atoms with van der Waals surface area (Å²) in [5.74, 6) is 0.346. The minimum atomic E-state index is 0.101. The monoisotopic (exact) mass is 401 g/mol. The van der Waals surface area contributed by atoms with Crippen LogP contribution in [0, 0.1) is 0 Å². The van der Waals surface area contributed by atoms with E-state index in [4.69, 9.17) is 11.5 Å². The van der Waals surface area contributed by atoms with Crippen LogP contribution in [0.25, 0.3) is 21.9 Å². The molecule has 0 aliphatic rings. The predicted molar refractivity (Wildman–Crippen MR) is 123 cm³/mol. The molecule has 154 valence electrons. The van der Waals surface area contributed by atoms with E-state index >= 15 is 0 Å². The largest absolute Gasteiger partial charge is 0.382 e. The second-order valence-electron chi connectivity index (χ2n) is 7.52. The van der Waals surface area contributed by atoms with Crippen molar-refractivity contribution in [2.24, 2.45) is 0 Å². The summed E-state index contributed by atoms with van der Waals surface area (Å²) in [5, 5.41) is 6.03. The van der Waals surface area contributed by atoms with Gasteiger partial charge in [-0.3, -0.25) is 0 Å². The molecule has 2 aromatic heterocycles. The number of fused-ring (bicyclic) bond motifs is 2. The number of hydrogen-bond donors (Lipinski definition) is 3. The first kappa shape index (κ1) is 19.8. The quantitative estimate of drug-likeness (QED) is 0.373. The summed E-state index contributed by atoms with van der Waals surface area (Å²) < 4.78 is 0. The van der Waals surface area contributed by atoms with Gasteiger partial charge in [-0.2, -0.15) is 9.97 Å². The van der Waals surface area contributed by atoms with Gasteiger partial charge in [-0.1, -0.05) is 50.5 Å². The first-order chi connectivity index (χ1) is 14.6. The highest BCUT2D eigenvalue weighted by atomic mass is 15.1. The molecule has 0 bridgehead atoms. The van der Waals surface area contributed by atoms with E-state index in [1.807, 2.05) is 0 Å². The molecule has 0 saturated carbocycles. The zero-order valence-corrected chi connectivity index (χ0v) is 17.2. The number of nitrogen functional groups attached to an aromatic ring is 2. The maximum absolute atomic E-state index is 5.94. The van der Waals surface area contributed by atoms with Crippen molar-refractivity contribution >= 4 is 39.4 Å².